The van der Waals surface area contributed by atoms with Crippen LogP contribution >= 0.6 is 0 Å². The lowest BCUT2D eigenvalue weighted by molar-refractivity contribution is -0.385. The number of sulfonamides is 1. The summed E-state index contributed by atoms with van der Waals surface area (Å²) in [4.78, 5) is 39.1. The van der Waals surface area contributed by atoms with E-state index in [1.165, 1.54) is 43.2 Å². The van der Waals surface area contributed by atoms with E-state index in [0.29, 0.717) is 17.7 Å². The summed E-state index contributed by atoms with van der Waals surface area (Å²) in [6.07, 6.45) is 0.430. The summed E-state index contributed by atoms with van der Waals surface area (Å²) in [5.74, 6) is -0.536. The summed E-state index contributed by atoms with van der Waals surface area (Å²) in [6, 6.07) is 18.2. The van der Waals surface area contributed by atoms with E-state index in [9.17, 15) is 28.1 Å². The lowest BCUT2D eigenvalue weighted by Gasteiger charge is -2.33. The summed E-state index contributed by atoms with van der Waals surface area (Å²) < 4.78 is 34.1. The van der Waals surface area contributed by atoms with E-state index >= 15 is 0 Å². The van der Waals surface area contributed by atoms with E-state index < -0.39 is 39.0 Å². The number of ether oxygens (including phenoxy) is 1. The van der Waals surface area contributed by atoms with Crippen molar-refractivity contribution in [3.63, 3.8) is 0 Å². The smallest absolute Gasteiger partial charge is 0.273 e. The Balaban J connectivity index is 2.05. The second-order valence-corrected chi connectivity index (χ2v) is 13.0. The van der Waals surface area contributed by atoms with E-state index in [2.05, 4.69) is 5.32 Å². The molecule has 0 aliphatic heterocycles. The first-order valence-electron chi connectivity index (χ1n) is 13.7. The van der Waals surface area contributed by atoms with Gasteiger partial charge in [-0.2, -0.15) is 0 Å². The molecular formula is C31H38N4O7S. The molecule has 43 heavy (non-hydrogen) atoms. The van der Waals surface area contributed by atoms with Crippen LogP contribution < -0.4 is 14.4 Å². The number of methoxy groups -OCH3 is 1. The number of nitrogens with zero attached hydrogens (tertiary/aromatic N) is 3. The Labute approximate surface area is 252 Å². The molecule has 0 fully saturated rings. The van der Waals surface area contributed by atoms with Gasteiger partial charge < -0.3 is 15.0 Å². The Morgan fingerprint density at radius 1 is 1.02 bits per heavy atom. The van der Waals surface area contributed by atoms with Gasteiger partial charge in [-0.3, -0.25) is 24.0 Å². The number of rotatable bonds is 12. The zero-order chi connectivity index (χ0) is 31.9. The first kappa shape index (κ1) is 33.1. The van der Waals surface area contributed by atoms with Crippen LogP contribution in [-0.2, 0) is 26.0 Å². The van der Waals surface area contributed by atoms with Crippen LogP contribution in [0.2, 0.25) is 0 Å². The summed E-state index contributed by atoms with van der Waals surface area (Å²) in [6.45, 7) is 8.07. The van der Waals surface area contributed by atoms with Crippen LogP contribution in [-0.4, -0.2) is 61.8 Å². The topological polar surface area (TPSA) is 139 Å². The first-order valence-corrected chi connectivity index (χ1v) is 15.2. The fourth-order valence-electron chi connectivity index (χ4n) is 4.39. The SMILES string of the molecule is COc1ccc(N(CC(=O)N(CCc2ccccc2)C(C)C(=O)NC(C)(C)C)S(=O)(=O)c2ccc(C)c([N+](=O)[O-])c2)cc1. The van der Waals surface area contributed by atoms with Gasteiger partial charge >= 0.3 is 0 Å². The quantitative estimate of drug-likeness (QED) is 0.236. The molecule has 0 spiro atoms. The minimum absolute atomic E-state index is 0.146. The normalized spacial score (nSPS) is 12.2. The number of nitrogens with one attached hydrogen (secondary N) is 1. The summed E-state index contributed by atoms with van der Waals surface area (Å²) in [5, 5.41) is 14.5. The average molecular weight is 611 g/mol. The van der Waals surface area contributed by atoms with E-state index in [4.69, 9.17) is 4.74 Å². The Bertz CT molecular complexity index is 1550. The van der Waals surface area contributed by atoms with Crippen LogP contribution in [0.3, 0.4) is 0 Å². The lowest BCUT2D eigenvalue weighted by atomic mass is 10.1. The number of hydrogen-bond acceptors (Lipinski definition) is 7. The number of carbonyl (C=O) groups excluding carboxylic acids is 2. The largest absolute Gasteiger partial charge is 0.497 e. The number of amides is 2. The maximum atomic E-state index is 14.0. The van der Waals surface area contributed by atoms with Gasteiger partial charge in [-0.05, 0) is 76.9 Å². The van der Waals surface area contributed by atoms with Gasteiger partial charge in [-0.25, -0.2) is 8.42 Å². The monoisotopic (exact) mass is 610 g/mol. The van der Waals surface area contributed by atoms with Crippen molar-refractivity contribution < 1.29 is 27.7 Å². The Hall–Kier alpha value is -4.45. The van der Waals surface area contributed by atoms with Crippen molar-refractivity contribution in [3.05, 3.63) is 94.0 Å². The maximum absolute atomic E-state index is 14.0. The Morgan fingerprint density at radius 2 is 1.65 bits per heavy atom. The van der Waals surface area contributed by atoms with Crippen LogP contribution in [0.15, 0.2) is 77.7 Å². The van der Waals surface area contributed by atoms with Gasteiger partial charge in [0, 0.05) is 23.7 Å². The molecule has 0 saturated heterocycles. The Kier molecular flexibility index (Phi) is 10.5. The van der Waals surface area contributed by atoms with E-state index in [-0.39, 0.29) is 28.7 Å². The average Bonchev–Trinajstić information content (AvgIpc) is 2.95. The maximum Gasteiger partial charge on any atom is 0.273 e. The van der Waals surface area contributed by atoms with Crippen molar-refractivity contribution in [3.8, 4) is 5.75 Å². The van der Waals surface area contributed by atoms with Gasteiger partial charge in [0.05, 0.1) is 22.6 Å². The van der Waals surface area contributed by atoms with Crippen LogP contribution in [0, 0.1) is 17.0 Å². The minimum Gasteiger partial charge on any atom is -0.497 e. The predicted molar refractivity (Wildman–Crippen MR) is 165 cm³/mol. The molecule has 0 heterocycles. The molecule has 0 bridgehead atoms. The third-order valence-corrected chi connectivity index (χ3v) is 8.52. The molecule has 3 aromatic carbocycles. The molecule has 2 amide bonds. The number of nitro groups is 1. The Morgan fingerprint density at radius 3 is 2.21 bits per heavy atom. The molecular weight excluding hydrogens is 572 g/mol. The zero-order valence-corrected chi connectivity index (χ0v) is 26.1. The van der Waals surface area contributed by atoms with Gasteiger partial charge in [0.15, 0.2) is 0 Å². The minimum atomic E-state index is -4.48. The fourth-order valence-corrected chi connectivity index (χ4v) is 5.83. The van der Waals surface area contributed by atoms with Crippen LogP contribution in [0.1, 0.15) is 38.8 Å². The molecule has 1 unspecified atom stereocenters. The molecule has 0 aliphatic rings. The van der Waals surface area contributed by atoms with Crippen molar-refractivity contribution in [2.45, 2.75) is 57.5 Å². The molecule has 1 N–H and O–H groups in total. The second-order valence-electron chi connectivity index (χ2n) is 11.2. The van der Waals surface area contributed by atoms with Crippen molar-refractivity contribution in [2.24, 2.45) is 0 Å². The van der Waals surface area contributed by atoms with Crippen molar-refractivity contribution >= 4 is 33.2 Å². The van der Waals surface area contributed by atoms with Gasteiger partial charge in [-0.15, -0.1) is 0 Å². The molecule has 0 aromatic heterocycles. The summed E-state index contributed by atoms with van der Waals surface area (Å²) in [5.41, 5.74) is 0.460. The summed E-state index contributed by atoms with van der Waals surface area (Å²) >= 11 is 0. The highest BCUT2D eigenvalue weighted by atomic mass is 32.2. The zero-order valence-electron chi connectivity index (χ0n) is 25.2. The van der Waals surface area contributed by atoms with Gasteiger partial charge in [0.25, 0.3) is 15.7 Å². The van der Waals surface area contributed by atoms with Gasteiger partial charge in [0.1, 0.15) is 18.3 Å². The molecule has 3 aromatic rings. The van der Waals surface area contributed by atoms with Crippen molar-refractivity contribution in [1.82, 2.24) is 10.2 Å². The van der Waals surface area contributed by atoms with Gasteiger partial charge in [0.2, 0.25) is 11.8 Å². The number of carbonyl (C=O) groups is 2. The number of hydrogen-bond donors (Lipinski definition) is 1. The third-order valence-electron chi connectivity index (χ3n) is 6.75. The van der Waals surface area contributed by atoms with Crippen LogP contribution in [0.5, 0.6) is 5.75 Å². The van der Waals surface area contributed by atoms with E-state index in [1.807, 2.05) is 51.1 Å². The molecule has 1 atom stereocenters. The molecule has 11 nitrogen and oxygen atoms in total. The second kappa shape index (κ2) is 13.7. The molecule has 0 aliphatic carbocycles. The van der Waals surface area contributed by atoms with E-state index in [1.54, 1.807) is 19.1 Å². The molecule has 12 heteroatoms. The number of anilines is 1. The van der Waals surface area contributed by atoms with E-state index in [0.717, 1.165) is 15.9 Å². The van der Waals surface area contributed by atoms with Crippen molar-refractivity contribution in [2.75, 3.05) is 24.5 Å². The highest BCUT2D eigenvalue weighted by Gasteiger charge is 2.34. The number of nitro benzene ring substituents is 1. The molecule has 0 saturated carbocycles. The highest BCUT2D eigenvalue weighted by Crippen LogP contribution is 2.29. The third kappa shape index (κ3) is 8.54. The molecule has 230 valence electrons. The van der Waals surface area contributed by atoms with Crippen LogP contribution in [0.25, 0.3) is 0 Å². The fraction of sp³-hybridized carbons (Fsp3) is 0.355. The lowest BCUT2D eigenvalue weighted by Crippen LogP contribution is -2.55. The summed E-state index contributed by atoms with van der Waals surface area (Å²) in [7, 11) is -3.01. The molecule has 3 rings (SSSR count). The molecule has 0 radical (unpaired) electrons. The number of benzene rings is 3. The number of aryl methyl sites for hydroxylation is 1. The predicted octanol–water partition coefficient (Wildman–Crippen LogP) is 4.48. The standard InChI is InChI=1S/C31H38N4O7S/c1-22-12-17-27(20-28(22)35(38)39)43(40,41)34(25-13-15-26(42-6)16-14-25)21-29(36)33(19-18-24-10-8-7-9-11-24)23(2)30(37)32-31(3,4)5/h7-17,20,23H,18-19,21H2,1-6H3,(H,32,37). The highest BCUT2D eigenvalue weighted by molar-refractivity contribution is 7.92. The van der Waals surface area contributed by atoms with Crippen molar-refractivity contribution in [1.29, 1.82) is 0 Å². The van der Waals surface area contributed by atoms with Crippen LogP contribution in [0.4, 0.5) is 11.4 Å². The van der Waals surface area contributed by atoms with Gasteiger partial charge in [-0.1, -0.05) is 36.4 Å². The first-order chi connectivity index (χ1) is 20.1.